The second-order valence-corrected chi connectivity index (χ2v) is 9.28. The van der Waals surface area contributed by atoms with E-state index in [-0.39, 0.29) is 12.5 Å². The zero-order valence-corrected chi connectivity index (χ0v) is 20.2. The van der Waals surface area contributed by atoms with E-state index in [0.29, 0.717) is 22.7 Å². The fourth-order valence-electron chi connectivity index (χ4n) is 3.65. The number of halogens is 3. The zero-order chi connectivity index (χ0) is 24.9. The van der Waals surface area contributed by atoms with Crippen molar-refractivity contribution in [3.8, 4) is 16.3 Å². The Balaban J connectivity index is 1.82. The molecule has 3 rings (SSSR count). The van der Waals surface area contributed by atoms with Gasteiger partial charge in [0.05, 0.1) is 16.1 Å². The van der Waals surface area contributed by atoms with Crippen LogP contribution in [0.3, 0.4) is 0 Å². The number of carboxylic acid groups (broad SMARTS) is 1. The minimum absolute atomic E-state index is 0.0752. The fraction of sp³-hybridized carbons (Fsp3) is 0.385. The highest BCUT2D eigenvalue weighted by molar-refractivity contribution is 7.15. The lowest BCUT2D eigenvalue weighted by Crippen LogP contribution is -2.05. The molecule has 0 saturated carbocycles. The highest BCUT2D eigenvalue weighted by Gasteiger charge is 2.30. The molecule has 34 heavy (non-hydrogen) atoms. The lowest BCUT2D eigenvalue weighted by atomic mass is 10.0. The summed E-state index contributed by atoms with van der Waals surface area (Å²) in [4.78, 5) is 16.5. The molecule has 8 heteroatoms. The number of rotatable bonds is 10. The summed E-state index contributed by atoms with van der Waals surface area (Å²) in [7, 11) is 0. The summed E-state index contributed by atoms with van der Waals surface area (Å²) in [6.45, 7) is 5.96. The Morgan fingerprint density at radius 3 is 2.44 bits per heavy atom. The van der Waals surface area contributed by atoms with Gasteiger partial charge in [-0.25, -0.2) is 4.98 Å². The molecule has 1 atom stereocenters. The van der Waals surface area contributed by atoms with Crippen LogP contribution in [-0.4, -0.2) is 16.1 Å². The predicted octanol–water partition coefficient (Wildman–Crippen LogP) is 7.64. The van der Waals surface area contributed by atoms with Gasteiger partial charge in [0.1, 0.15) is 16.9 Å². The molecule has 0 aliphatic rings. The summed E-state index contributed by atoms with van der Waals surface area (Å²) >= 11 is 1.44. The highest BCUT2D eigenvalue weighted by atomic mass is 32.1. The topological polar surface area (TPSA) is 59.4 Å². The zero-order valence-electron chi connectivity index (χ0n) is 19.4. The van der Waals surface area contributed by atoms with Gasteiger partial charge in [0.2, 0.25) is 0 Å². The van der Waals surface area contributed by atoms with Gasteiger partial charge in [-0.3, -0.25) is 4.79 Å². The number of hydrogen-bond acceptors (Lipinski definition) is 4. The molecule has 0 fully saturated rings. The number of aromatic nitrogens is 1. The number of ether oxygens (including phenoxy) is 1. The first kappa shape index (κ1) is 25.7. The molecule has 0 spiro atoms. The third-order valence-corrected chi connectivity index (χ3v) is 6.87. The highest BCUT2D eigenvalue weighted by Crippen LogP contribution is 2.37. The van der Waals surface area contributed by atoms with Crippen LogP contribution in [0.25, 0.3) is 10.6 Å². The summed E-state index contributed by atoms with van der Waals surface area (Å²) in [6, 6.07) is 10.7. The van der Waals surface area contributed by atoms with Crippen LogP contribution in [0, 0.1) is 6.92 Å². The summed E-state index contributed by atoms with van der Waals surface area (Å²) < 4.78 is 45.0. The molecule has 0 bridgehead atoms. The molecular formula is C26H28F3NO3S. The van der Waals surface area contributed by atoms with Crippen molar-refractivity contribution in [2.24, 2.45) is 0 Å². The maximum Gasteiger partial charge on any atom is 0.416 e. The Kier molecular flexibility index (Phi) is 8.36. The Morgan fingerprint density at radius 2 is 1.85 bits per heavy atom. The van der Waals surface area contributed by atoms with Crippen LogP contribution >= 0.6 is 11.3 Å². The Morgan fingerprint density at radius 1 is 1.15 bits per heavy atom. The van der Waals surface area contributed by atoms with Crippen LogP contribution in [0.15, 0.2) is 42.5 Å². The number of benzene rings is 2. The van der Waals surface area contributed by atoms with Gasteiger partial charge in [-0.2, -0.15) is 13.2 Å². The van der Waals surface area contributed by atoms with Crippen molar-refractivity contribution in [2.45, 2.75) is 65.2 Å². The van der Waals surface area contributed by atoms with Gasteiger partial charge < -0.3 is 9.84 Å². The van der Waals surface area contributed by atoms with Crippen LogP contribution in [0.1, 0.15) is 66.5 Å². The lowest BCUT2D eigenvalue weighted by Gasteiger charge is -2.16. The smallest absolute Gasteiger partial charge is 0.416 e. The van der Waals surface area contributed by atoms with Gasteiger partial charge in [0.15, 0.2) is 0 Å². The van der Waals surface area contributed by atoms with Crippen LogP contribution < -0.4 is 4.74 Å². The number of nitrogens with zero attached hydrogens (tertiary/aromatic N) is 1. The number of unbranched alkanes of at least 4 members (excludes halogenated alkanes) is 1. The molecular weight excluding hydrogens is 463 g/mol. The van der Waals surface area contributed by atoms with Crippen molar-refractivity contribution in [3.63, 3.8) is 0 Å². The van der Waals surface area contributed by atoms with E-state index in [2.05, 4.69) is 6.92 Å². The summed E-state index contributed by atoms with van der Waals surface area (Å²) in [5.74, 6) is -0.156. The average Bonchev–Trinajstić information content (AvgIpc) is 3.21. The Bertz CT molecular complexity index is 1120. The molecule has 0 radical (unpaired) electrons. The molecule has 0 aliphatic carbocycles. The predicted molar refractivity (Wildman–Crippen MR) is 127 cm³/mol. The van der Waals surface area contributed by atoms with Crippen molar-refractivity contribution >= 4 is 17.3 Å². The molecule has 1 heterocycles. The Hall–Kier alpha value is -2.87. The number of alkyl halides is 3. The molecule has 0 amide bonds. The van der Waals surface area contributed by atoms with Gasteiger partial charge in [-0.1, -0.05) is 31.5 Å². The normalized spacial score (nSPS) is 12.5. The third kappa shape index (κ3) is 6.59. The van der Waals surface area contributed by atoms with Gasteiger partial charge >= 0.3 is 12.1 Å². The molecule has 4 nitrogen and oxygen atoms in total. The van der Waals surface area contributed by atoms with Gasteiger partial charge in [0, 0.05) is 12.0 Å². The van der Waals surface area contributed by atoms with Gasteiger partial charge in [-0.15, -0.1) is 11.3 Å². The molecule has 1 N–H and O–H groups in total. The van der Waals surface area contributed by atoms with Crippen molar-refractivity contribution in [3.05, 3.63) is 69.7 Å². The lowest BCUT2D eigenvalue weighted by molar-refractivity contribution is -0.138. The number of thiazole rings is 1. The molecule has 1 aromatic heterocycles. The molecule has 3 aromatic rings. The SMILES string of the molecule is CCCCc1nc(-c2ccc(C(F)(F)F)cc2)sc1C(C)Oc1ccc(CCC(=O)O)c(C)c1. The minimum atomic E-state index is -4.37. The first-order valence-corrected chi connectivity index (χ1v) is 12.0. The molecule has 0 saturated heterocycles. The fourth-order valence-corrected chi connectivity index (χ4v) is 4.75. The van der Waals surface area contributed by atoms with E-state index in [1.165, 1.54) is 23.5 Å². The van der Waals surface area contributed by atoms with Crippen molar-refractivity contribution in [1.29, 1.82) is 0 Å². The summed E-state index contributed by atoms with van der Waals surface area (Å²) in [5, 5.41) is 9.58. The van der Waals surface area contributed by atoms with E-state index in [0.717, 1.165) is 53.1 Å². The largest absolute Gasteiger partial charge is 0.485 e. The number of carbonyl (C=O) groups is 1. The van der Waals surface area contributed by atoms with E-state index in [4.69, 9.17) is 14.8 Å². The van der Waals surface area contributed by atoms with Gasteiger partial charge in [-0.05, 0) is 68.5 Å². The maximum atomic E-state index is 12.9. The number of aryl methyl sites for hydroxylation is 3. The van der Waals surface area contributed by atoms with E-state index >= 15 is 0 Å². The van der Waals surface area contributed by atoms with E-state index in [1.807, 2.05) is 32.0 Å². The molecule has 1 unspecified atom stereocenters. The standard InChI is InChI=1S/C26H28F3NO3S/c1-4-5-6-22-24(34-25(30-22)19-7-11-20(12-8-19)26(27,28)29)17(3)33-21-13-9-18(16(2)15-21)10-14-23(31)32/h7-9,11-13,15,17H,4-6,10,14H2,1-3H3,(H,31,32). The van der Waals surface area contributed by atoms with Crippen molar-refractivity contribution < 1.29 is 27.8 Å². The molecule has 182 valence electrons. The summed E-state index contributed by atoms with van der Waals surface area (Å²) in [6.07, 6.45) is -1.41. The minimum Gasteiger partial charge on any atom is -0.485 e. The second-order valence-electron chi connectivity index (χ2n) is 8.25. The first-order chi connectivity index (χ1) is 16.1. The number of aliphatic carboxylic acids is 1. The second kappa shape index (κ2) is 11.0. The molecule has 2 aromatic carbocycles. The first-order valence-electron chi connectivity index (χ1n) is 11.2. The van der Waals surface area contributed by atoms with E-state index in [1.54, 1.807) is 0 Å². The molecule has 0 aliphatic heterocycles. The quantitative estimate of drug-likeness (QED) is 0.317. The van der Waals surface area contributed by atoms with E-state index in [9.17, 15) is 18.0 Å². The monoisotopic (exact) mass is 491 g/mol. The van der Waals surface area contributed by atoms with Crippen LogP contribution in [-0.2, 0) is 23.8 Å². The third-order valence-electron chi connectivity index (χ3n) is 5.56. The van der Waals surface area contributed by atoms with E-state index < -0.39 is 17.7 Å². The van der Waals surface area contributed by atoms with Crippen molar-refractivity contribution in [2.75, 3.05) is 0 Å². The van der Waals surface area contributed by atoms with Crippen molar-refractivity contribution in [1.82, 2.24) is 4.98 Å². The van der Waals surface area contributed by atoms with Gasteiger partial charge in [0.25, 0.3) is 0 Å². The summed E-state index contributed by atoms with van der Waals surface area (Å²) in [5.41, 5.74) is 2.80. The van der Waals surface area contributed by atoms with Crippen LogP contribution in [0.4, 0.5) is 13.2 Å². The van der Waals surface area contributed by atoms with Crippen LogP contribution in [0.5, 0.6) is 5.75 Å². The van der Waals surface area contributed by atoms with Crippen LogP contribution in [0.2, 0.25) is 0 Å². The number of hydrogen-bond donors (Lipinski definition) is 1. The Labute approximate surface area is 201 Å². The maximum absolute atomic E-state index is 12.9. The average molecular weight is 492 g/mol. The number of carboxylic acids is 1.